The van der Waals surface area contributed by atoms with Crippen molar-refractivity contribution in [2.75, 3.05) is 13.6 Å². The minimum absolute atomic E-state index is 0.346. The quantitative estimate of drug-likeness (QED) is 0.723. The summed E-state index contributed by atoms with van der Waals surface area (Å²) >= 11 is 0. The molecule has 16 heavy (non-hydrogen) atoms. The van der Waals surface area contributed by atoms with Gasteiger partial charge in [0.25, 0.3) is 0 Å². The summed E-state index contributed by atoms with van der Waals surface area (Å²) < 4.78 is 0. The van der Waals surface area contributed by atoms with Gasteiger partial charge in [-0.1, -0.05) is 6.92 Å². The molecule has 2 unspecified atom stereocenters. The summed E-state index contributed by atoms with van der Waals surface area (Å²) in [6.07, 6.45) is 2.01. The Morgan fingerprint density at radius 2 is 1.94 bits per heavy atom. The first kappa shape index (κ1) is 15.4. The van der Waals surface area contributed by atoms with Crippen LogP contribution in [0.25, 0.3) is 0 Å². The minimum Gasteiger partial charge on any atom is -0.304 e. The van der Waals surface area contributed by atoms with Gasteiger partial charge in [0.05, 0.1) is 6.07 Å². The van der Waals surface area contributed by atoms with Gasteiger partial charge in [0.15, 0.2) is 0 Å². The molecule has 0 aliphatic carbocycles. The molecule has 0 saturated heterocycles. The van der Waals surface area contributed by atoms with Crippen molar-refractivity contribution >= 4 is 0 Å². The van der Waals surface area contributed by atoms with Crippen molar-refractivity contribution < 1.29 is 0 Å². The molecule has 0 amide bonds. The standard InChI is InChI=1S/C13H27N3/c1-7-12(4)16(6)9-8-13(5,10-14)15-11(2)3/h11-12,15H,7-9H2,1-6H3. The van der Waals surface area contributed by atoms with E-state index in [1.165, 1.54) is 0 Å². The maximum absolute atomic E-state index is 9.21. The predicted molar refractivity (Wildman–Crippen MR) is 69.3 cm³/mol. The van der Waals surface area contributed by atoms with Gasteiger partial charge < -0.3 is 4.90 Å². The maximum atomic E-state index is 9.21. The molecule has 1 N–H and O–H groups in total. The molecule has 0 aromatic heterocycles. The third-order valence-electron chi connectivity index (χ3n) is 3.16. The molecule has 0 radical (unpaired) electrons. The van der Waals surface area contributed by atoms with Gasteiger partial charge in [0.2, 0.25) is 0 Å². The number of rotatable bonds is 7. The molecule has 3 nitrogen and oxygen atoms in total. The molecule has 94 valence electrons. The molecule has 0 aliphatic heterocycles. The second-order valence-corrected chi connectivity index (χ2v) is 5.23. The van der Waals surface area contributed by atoms with Gasteiger partial charge in [0, 0.05) is 18.6 Å². The highest BCUT2D eigenvalue weighted by Gasteiger charge is 2.24. The van der Waals surface area contributed by atoms with Gasteiger partial charge in [-0.05, 0) is 47.6 Å². The molecule has 0 fully saturated rings. The molecule has 0 saturated carbocycles. The molecule has 0 aromatic carbocycles. The van der Waals surface area contributed by atoms with E-state index in [4.69, 9.17) is 0 Å². The average molecular weight is 225 g/mol. The lowest BCUT2D eigenvalue weighted by Gasteiger charge is -2.30. The topological polar surface area (TPSA) is 39.1 Å². The highest BCUT2D eigenvalue weighted by atomic mass is 15.1. The van der Waals surface area contributed by atoms with Crippen LogP contribution in [-0.4, -0.2) is 36.1 Å². The molecular weight excluding hydrogens is 198 g/mol. The number of nitrogens with one attached hydrogen (secondary N) is 1. The van der Waals surface area contributed by atoms with Crippen molar-refractivity contribution in [1.82, 2.24) is 10.2 Å². The van der Waals surface area contributed by atoms with E-state index in [0.29, 0.717) is 12.1 Å². The fourth-order valence-electron chi connectivity index (χ4n) is 1.73. The Labute approximate surface area is 101 Å². The Bertz CT molecular complexity index is 232. The van der Waals surface area contributed by atoms with Crippen molar-refractivity contribution in [2.24, 2.45) is 0 Å². The van der Waals surface area contributed by atoms with Crippen LogP contribution in [0.15, 0.2) is 0 Å². The molecule has 0 rings (SSSR count). The first-order chi connectivity index (χ1) is 7.34. The number of nitrogens with zero attached hydrogens (tertiary/aromatic N) is 2. The van der Waals surface area contributed by atoms with Crippen LogP contribution in [0.2, 0.25) is 0 Å². The maximum Gasteiger partial charge on any atom is 0.105 e. The minimum atomic E-state index is -0.407. The highest BCUT2D eigenvalue weighted by Crippen LogP contribution is 2.12. The van der Waals surface area contributed by atoms with Crippen molar-refractivity contribution in [2.45, 2.75) is 65.1 Å². The monoisotopic (exact) mass is 225 g/mol. The number of hydrogen-bond acceptors (Lipinski definition) is 3. The molecular formula is C13H27N3. The lowest BCUT2D eigenvalue weighted by Crippen LogP contribution is -2.47. The molecule has 2 atom stereocenters. The van der Waals surface area contributed by atoms with Gasteiger partial charge in [-0.15, -0.1) is 0 Å². The summed E-state index contributed by atoms with van der Waals surface area (Å²) in [6, 6.07) is 3.32. The van der Waals surface area contributed by atoms with E-state index in [-0.39, 0.29) is 0 Å². The smallest absolute Gasteiger partial charge is 0.105 e. The molecule has 0 aromatic rings. The molecule has 3 heteroatoms. The van der Waals surface area contributed by atoms with Crippen LogP contribution in [0, 0.1) is 11.3 Å². The molecule has 0 heterocycles. The lowest BCUT2D eigenvalue weighted by molar-refractivity contribution is 0.224. The van der Waals surface area contributed by atoms with Crippen molar-refractivity contribution in [1.29, 1.82) is 5.26 Å². The second kappa shape index (κ2) is 6.88. The zero-order valence-electron chi connectivity index (χ0n) is 11.7. The highest BCUT2D eigenvalue weighted by molar-refractivity contribution is 5.04. The van der Waals surface area contributed by atoms with Crippen LogP contribution in [0.4, 0.5) is 0 Å². The summed E-state index contributed by atoms with van der Waals surface area (Å²) in [6.45, 7) is 11.5. The van der Waals surface area contributed by atoms with E-state index in [0.717, 1.165) is 19.4 Å². The second-order valence-electron chi connectivity index (χ2n) is 5.23. The Hall–Kier alpha value is -0.590. The fraction of sp³-hybridized carbons (Fsp3) is 0.923. The lowest BCUT2D eigenvalue weighted by atomic mass is 9.98. The van der Waals surface area contributed by atoms with Gasteiger partial charge in [-0.2, -0.15) is 5.26 Å². The molecule has 0 aliphatic rings. The Balaban J connectivity index is 4.20. The average Bonchev–Trinajstić information content (AvgIpc) is 2.23. The van der Waals surface area contributed by atoms with E-state index >= 15 is 0 Å². The van der Waals surface area contributed by atoms with E-state index in [9.17, 15) is 5.26 Å². The van der Waals surface area contributed by atoms with Crippen LogP contribution in [0.5, 0.6) is 0 Å². The zero-order valence-corrected chi connectivity index (χ0v) is 11.7. The van der Waals surface area contributed by atoms with E-state index < -0.39 is 5.54 Å². The fourth-order valence-corrected chi connectivity index (χ4v) is 1.73. The third kappa shape index (κ3) is 5.48. The van der Waals surface area contributed by atoms with Crippen LogP contribution in [0.1, 0.15) is 47.5 Å². The van der Waals surface area contributed by atoms with Gasteiger partial charge in [-0.25, -0.2) is 0 Å². The van der Waals surface area contributed by atoms with E-state index in [2.05, 4.69) is 51.0 Å². The first-order valence-corrected chi connectivity index (χ1v) is 6.23. The van der Waals surface area contributed by atoms with Gasteiger partial charge >= 0.3 is 0 Å². The van der Waals surface area contributed by atoms with E-state index in [1.807, 2.05) is 6.92 Å². The summed E-state index contributed by atoms with van der Waals surface area (Å²) in [5.74, 6) is 0. The summed E-state index contributed by atoms with van der Waals surface area (Å²) in [4.78, 5) is 2.32. The summed E-state index contributed by atoms with van der Waals surface area (Å²) in [5, 5.41) is 12.5. The van der Waals surface area contributed by atoms with Crippen LogP contribution < -0.4 is 5.32 Å². The third-order valence-corrected chi connectivity index (χ3v) is 3.16. The van der Waals surface area contributed by atoms with Crippen LogP contribution in [0.3, 0.4) is 0 Å². The SMILES string of the molecule is CCC(C)N(C)CCC(C)(C#N)NC(C)C. The summed E-state index contributed by atoms with van der Waals surface area (Å²) in [7, 11) is 2.13. The van der Waals surface area contributed by atoms with Crippen LogP contribution in [-0.2, 0) is 0 Å². The van der Waals surface area contributed by atoms with Crippen LogP contribution >= 0.6 is 0 Å². The first-order valence-electron chi connectivity index (χ1n) is 6.23. The van der Waals surface area contributed by atoms with Gasteiger partial charge in [-0.3, -0.25) is 5.32 Å². The number of hydrogen-bond donors (Lipinski definition) is 1. The normalized spacial score (nSPS) is 17.2. The van der Waals surface area contributed by atoms with Gasteiger partial charge in [0.1, 0.15) is 5.54 Å². The van der Waals surface area contributed by atoms with Crippen molar-refractivity contribution in [3.05, 3.63) is 0 Å². The summed E-state index contributed by atoms with van der Waals surface area (Å²) in [5.41, 5.74) is -0.407. The largest absolute Gasteiger partial charge is 0.304 e. The Morgan fingerprint density at radius 3 is 2.31 bits per heavy atom. The van der Waals surface area contributed by atoms with Crippen molar-refractivity contribution in [3.8, 4) is 6.07 Å². The Kier molecular flexibility index (Phi) is 6.62. The number of nitriles is 1. The predicted octanol–water partition coefficient (Wildman–Crippen LogP) is 2.39. The molecule has 0 bridgehead atoms. The Morgan fingerprint density at radius 1 is 1.38 bits per heavy atom. The van der Waals surface area contributed by atoms with Crippen molar-refractivity contribution in [3.63, 3.8) is 0 Å². The van der Waals surface area contributed by atoms with E-state index in [1.54, 1.807) is 0 Å². The zero-order chi connectivity index (χ0) is 12.8. The molecule has 0 spiro atoms.